The van der Waals surface area contributed by atoms with Crippen molar-refractivity contribution in [2.24, 2.45) is 0 Å². The fourth-order valence-corrected chi connectivity index (χ4v) is 7.18. The number of benzene rings is 2. The second-order valence-electron chi connectivity index (χ2n) is 10.5. The van der Waals surface area contributed by atoms with Crippen LogP contribution in [0.5, 0.6) is 0 Å². The van der Waals surface area contributed by atoms with Crippen molar-refractivity contribution in [2.45, 2.75) is 66.4 Å². The fourth-order valence-electron chi connectivity index (χ4n) is 5.67. The predicted molar refractivity (Wildman–Crippen MR) is 148 cm³/mol. The summed E-state index contributed by atoms with van der Waals surface area (Å²) in [5.74, 6) is -0.914. The Morgan fingerprint density at radius 1 is 0.810 bits per heavy atom. The zero-order valence-electron chi connectivity index (χ0n) is 22.3. The van der Waals surface area contributed by atoms with E-state index in [4.69, 9.17) is 4.74 Å². The molecular weight excluding hydrogens is 570 g/mol. The first kappa shape index (κ1) is 28.8. The molecule has 0 bridgehead atoms. The molecule has 14 heteroatoms. The number of rotatable bonds is 7. The van der Waals surface area contributed by atoms with Gasteiger partial charge in [0.1, 0.15) is 52.8 Å². The van der Waals surface area contributed by atoms with E-state index in [1.54, 1.807) is 47.3 Å². The summed E-state index contributed by atoms with van der Waals surface area (Å²) < 4.78 is 37.3. The summed E-state index contributed by atoms with van der Waals surface area (Å²) in [6.45, 7) is -0.524. The normalized spacial score (nSPS) is 30.0. The van der Waals surface area contributed by atoms with Crippen LogP contribution in [0.1, 0.15) is 31.3 Å². The predicted octanol–water partition coefficient (Wildman–Crippen LogP) is 2.35. The summed E-state index contributed by atoms with van der Waals surface area (Å²) in [5.41, 5.74) is 0.152. The van der Waals surface area contributed by atoms with Crippen LogP contribution in [0.25, 0.3) is 22.5 Å². The average molecular weight is 601 g/mol. The maximum absolute atomic E-state index is 14.3. The Bertz CT molecular complexity index is 1520. The van der Waals surface area contributed by atoms with Crippen molar-refractivity contribution in [1.82, 2.24) is 30.0 Å². The third-order valence-corrected chi connectivity index (χ3v) is 9.41. The highest BCUT2D eigenvalue weighted by molar-refractivity contribution is 8.00. The molecule has 8 atom stereocenters. The van der Waals surface area contributed by atoms with Gasteiger partial charge in [-0.1, -0.05) is 41.1 Å². The standard InChI is InChI=1S/C28H30F2N6O5S/c29-17-8-3-1-6-15(17)19-12-35(33-31-19)21-10-5-11-23(25(21)38)42-28-27(40)24(26(39)22(14-37)41-28)36-13-20(32-34-36)16-7-2-4-9-18(16)30/h1-4,6-9,12-13,21-28,37-40H,5,10-11,14H2/t21?,22?,23-,24+,25?,26+,27?,28+/m1/s1. The summed E-state index contributed by atoms with van der Waals surface area (Å²) in [5, 5.41) is 59.6. The van der Waals surface area contributed by atoms with E-state index < -0.39 is 65.4 Å². The zero-order chi connectivity index (χ0) is 29.4. The van der Waals surface area contributed by atoms with Crippen molar-refractivity contribution in [3.05, 3.63) is 72.6 Å². The lowest BCUT2D eigenvalue weighted by Gasteiger charge is -2.44. The van der Waals surface area contributed by atoms with E-state index in [1.165, 1.54) is 34.8 Å². The van der Waals surface area contributed by atoms with Crippen molar-refractivity contribution in [2.75, 3.05) is 6.61 Å². The monoisotopic (exact) mass is 600 g/mol. The molecule has 2 aliphatic rings. The van der Waals surface area contributed by atoms with Gasteiger partial charge in [-0.25, -0.2) is 18.1 Å². The zero-order valence-corrected chi connectivity index (χ0v) is 23.1. The molecular formula is C28H30F2N6O5S. The van der Waals surface area contributed by atoms with E-state index >= 15 is 0 Å². The molecule has 2 aromatic carbocycles. The topological polar surface area (TPSA) is 152 Å². The smallest absolute Gasteiger partial charge is 0.132 e. The van der Waals surface area contributed by atoms with E-state index in [0.717, 1.165) is 6.42 Å². The highest BCUT2D eigenvalue weighted by Gasteiger charge is 2.48. The van der Waals surface area contributed by atoms with Crippen molar-refractivity contribution in [3.63, 3.8) is 0 Å². The molecule has 3 heterocycles. The van der Waals surface area contributed by atoms with Crippen molar-refractivity contribution in [1.29, 1.82) is 0 Å². The molecule has 2 fully saturated rings. The second-order valence-corrected chi connectivity index (χ2v) is 11.8. The van der Waals surface area contributed by atoms with Crippen LogP contribution < -0.4 is 0 Å². The number of nitrogens with zero attached hydrogens (tertiary/aromatic N) is 6. The largest absolute Gasteiger partial charge is 0.394 e. The lowest BCUT2D eigenvalue weighted by molar-refractivity contribution is -0.178. The SMILES string of the molecule is OCC1O[C@@H](S[C@@H]2CCCC(n3cc(-c4ccccc4F)nn3)C2O)C(O)[C@@H](n2cc(-c3ccccc3F)nn2)[C@H]1O. The third kappa shape index (κ3) is 5.45. The van der Waals surface area contributed by atoms with Crippen LogP contribution in [0.2, 0.25) is 0 Å². The number of aliphatic hydroxyl groups is 4. The van der Waals surface area contributed by atoms with Gasteiger partial charge in [0.2, 0.25) is 0 Å². The van der Waals surface area contributed by atoms with Crippen molar-refractivity contribution < 1.29 is 33.9 Å². The molecule has 222 valence electrons. The van der Waals surface area contributed by atoms with Crippen LogP contribution >= 0.6 is 11.8 Å². The summed E-state index contributed by atoms with van der Waals surface area (Å²) in [7, 11) is 0. The van der Waals surface area contributed by atoms with Gasteiger partial charge in [0.15, 0.2) is 0 Å². The minimum Gasteiger partial charge on any atom is -0.394 e. The van der Waals surface area contributed by atoms with Crippen LogP contribution in [-0.2, 0) is 4.74 Å². The number of thioether (sulfide) groups is 1. The fraction of sp³-hybridized carbons (Fsp3) is 0.429. The summed E-state index contributed by atoms with van der Waals surface area (Å²) in [4.78, 5) is 0. The molecule has 1 aliphatic heterocycles. The number of ether oxygens (including phenoxy) is 1. The van der Waals surface area contributed by atoms with E-state index in [2.05, 4.69) is 20.6 Å². The number of aromatic nitrogens is 6. The Balaban J connectivity index is 1.20. The minimum atomic E-state index is -1.34. The van der Waals surface area contributed by atoms with Gasteiger partial charge < -0.3 is 25.2 Å². The number of hydrogen-bond acceptors (Lipinski definition) is 10. The number of aliphatic hydroxyl groups excluding tert-OH is 4. The Labute approximate surface area is 243 Å². The van der Waals surface area contributed by atoms with Gasteiger partial charge in [-0.3, -0.25) is 0 Å². The molecule has 42 heavy (non-hydrogen) atoms. The molecule has 1 saturated carbocycles. The van der Waals surface area contributed by atoms with Crippen molar-refractivity contribution in [3.8, 4) is 22.5 Å². The molecule has 2 aromatic heterocycles. The highest BCUT2D eigenvalue weighted by Crippen LogP contribution is 2.42. The van der Waals surface area contributed by atoms with E-state index in [-0.39, 0.29) is 11.3 Å². The van der Waals surface area contributed by atoms with Gasteiger partial charge in [-0.15, -0.1) is 22.0 Å². The lowest BCUT2D eigenvalue weighted by atomic mass is 9.92. The summed E-state index contributed by atoms with van der Waals surface area (Å²) in [6, 6.07) is 10.8. The molecule has 1 saturated heterocycles. The Hall–Kier alpha value is -3.27. The van der Waals surface area contributed by atoms with Crippen LogP contribution in [0.15, 0.2) is 60.9 Å². The molecule has 1 aliphatic carbocycles. The first-order chi connectivity index (χ1) is 20.4. The Morgan fingerprint density at radius 2 is 1.40 bits per heavy atom. The summed E-state index contributed by atoms with van der Waals surface area (Å²) in [6.07, 6.45) is 0.396. The first-order valence-electron chi connectivity index (χ1n) is 13.6. The molecule has 6 rings (SSSR count). The molecule has 0 spiro atoms. The lowest BCUT2D eigenvalue weighted by Crippen LogP contribution is -2.55. The average Bonchev–Trinajstić information content (AvgIpc) is 3.67. The molecule has 4 aromatic rings. The second kappa shape index (κ2) is 12.1. The molecule has 11 nitrogen and oxygen atoms in total. The van der Waals surface area contributed by atoms with Crippen LogP contribution in [0.4, 0.5) is 8.78 Å². The molecule has 0 amide bonds. The van der Waals surface area contributed by atoms with Gasteiger partial charge in [-0.05, 0) is 37.1 Å². The van der Waals surface area contributed by atoms with Gasteiger partial charge in [0, 0.05) is 16.4 Å². The Morgan fingerprint density at radius 3 is 2.02 bits per heavy atom. The van der Waals surface area contributed by atoms with Crippen LogP contribution in [-0.4, -0.2) is 92.1 Å². The molecule has 0 radical (unpaired) electrons. The highest BCUT2D eigenvalue weighted by atomic mass is 32.2. The minimum absolute atomic E-state index is 0.215. The van der Waals surface area contributed by atoms with Gasteiger partial charge >= 0.3 is 0 Å². The van der Waals surface area contributed by atoms with Crippen LogP contribution in [0, 0.1) is 11.6 Å². The first-order valence-corrected chi connectivity index (χ1v) is 14.6. The number of hydrogen-bond donors (Lipinski definition) is 4. The van der Waals surface area contributed by atoms with Crippen molar-refractivity contribution >= 4 is 11.8 Å². The van der Waals surface area contributed by atoms with E-state index in [0.29, 0.717) is 24.1 Å². The van der Waals surface area contributed by atoms with Gasteiger partial charge in [-0.2, -0.15) is 0 Å². The van der Waals surface area contributed by atoms with Crippen LogP contribution in [0.3, 0.4) is 0 Å². The third-order valence-electron chi connectivity index (χ3n) is 7.89. The van der Waals surface area contributed by atoms with Gasteiger partial charge in [0.05, 0.1) is 31.1 Å². The molecule has 4 unspecified atom stereocenters. The van der Waals surface area contributed by atoms with E-state index in [1.807, 2.05) is 0 Å². The maximum Gasteiger partial charge on any atom is 0.132 e. The van der Waals surface area contributed by atoms with E-state index in [9.17, 15) is 29.2 Å². The summed E-state index contributed by atoms with van der Waals surface area (Å²) >= 11 is 1.20. The maximum atomic E-state index is 14.3. The number of halogens is 2. The molecule has 4 N–H and O–H groups in total. The quantitative estimate of drug-likeness (QED) is 0.249. The van der Waals surface area contributed by atoms with Gasteiger partial charge in [0.25, 0.3) is 0 Å². The Kier molecular flexibility index (Phi) is 8.34.